The zero-order valence-corrected chi connectivity index (χ0v) is 18.6. The lowest BCUT2D eigenvalue weighted by Gasteiger charge is -2.32. The fraction of sp³-hybridized carbons (Fsp3) is 0.320. The van der Waals surface area contributed by atoms with E-state index < -0.39 is 11.9 Å². The van der Waals surface area contributed by atoms with E-state index >= 15 is 0 Å². The first kappa shape index (κ1) is 21.8. The van der Waals surface area contributed by atoms with Gasteiger partial charge in [0, 0.05) is 53.9 Å². The van der Waals surface area contributed by atoms with Crippen LogP contribution in [0.1, 0.15) is 35.5 Å². The fourth-order valence-corrected chi connectivity index (χ4v) is 3.99. The molecule has 1 aromatic heterocycles. The van der Waals surface area contributed by atoms with Gasteiger partial charge in [-0.2, -0.15) is 0 Å². The van der Waals surface area contributed by atoms with Crippen molar-refractivity contribution in [3.8, 4) is 5.75 Å². The number of anilines is 1. The van der Waals surface area contributed by atoms with Crippen molar-refractivity contribution in [1.82, 2.24) is 9.88 Å². The Balaban J connectivity index is 1.56. The maximum Gasteiger partial charge on any atom is 0.339 e. The van der Waals surface area contributed by atoms with Gasteiger partial charge in [0.05, 0.1) is 18.2 Å². The molecule has 32 heavy (non-hydrogen) atoms. The molecule has 0 fully saturated rings. The molecule has 0 unspecified atom stereocenters. The molecule has 1 N–H and O–H groups in total. The van der Waals surface area contributed by atoms with E-state index in [9.17, 15) is 9.59 Å². The van der Waals surface area contributed by atoms with Gasteiger partial charge in [-0.25, -0.2) is 4.79 Å². The molecule has 2 aromatic carbocycles. The molecule has 4 rings (SSSR count). The van der Waals surface area contributed by atoms with Gasteiger partial charge in [0.15, 0.2) is 6.61 Å². The molecule has 2 heterocycles. The molecule has 0 atom stereocenters. The summed E-state index contributed by atoms with van der Waals surface area (Å²) < 4.78 is 10.6. The second-order valence-corrected chi connectivity index (χ2v) is 8.10. The summed E-state index contributed by atoms with van der Waals surface area (Å²) in [5.74, 6) is -0.293. The molecular weight excluding hydrogens is 406 g/mol. The van der Waals surface area contributed by atoms with Crippen LogP contribution in [0.25, 0.3) is 10.9 Å². The number of rotatable bonds is 6. The van der Waals surface area contributed by atoms with E-state index in [1.165, 1.54) is 0 Å². The van der Waals surface area contributed by atoms with Gasteiger partial charge in [-0.05, 0) is 32.0 Å². The summed E-state index contributed by atoms with van der Waals surface area (Å²) in [7, 11) is 1.56. The summed E-state index contributed by atoms with van der Waals surface area (Å²) in [6.45, 7) is 5.43. The van der Waals surface area contributed by atoms with Crippen molar-refractivity contribution in [2.24, 2.45) is 0 Å². The third-order valence-corrected chi connectivity index (χ3v) is 5.70. The summed E-state index contributed by atoms with van der Waals surface area (Å²) in [6, 6.07) is 14.9. The van der Waals surface area contributed by atoms with Gasteiger partial charge in [0.25, 0.3) is 5.91 Å². The number of amides is 1. The Hall–Kier alpha value is -3.45. The Kier molecular flexibility index (Phi) is 6.37. The van der Waals surface area contributed by atoms with Gasteiger partial charge in [0.2, 0.25) is 0 Å². The van der Waals surface area contributed by atoms with Gasteiger partial charge in [0.1, 0.15) is 5.75 Å². The maximum absolute atomic E-state index is 13.2. The molecule has 3 aromatic rings. The van der Waals surface area contributed by atoms with Gasteiger partial charge in [-0.1, -0.05) is 24.3 Å². The largest absolute Gasteiger partial charge is 0.497 e. The number of carbonyl (C=O) groups excluding carboxylic acids is 2. The van der Waals surface area contributed by atoms with E-state index in [1.807, 2.05) is 24.3 Å². The quantitative estimate of drug-likeness (QED) is 0.596. The molecule has 7 heteroatoms. The van der Waals surface area contributed by atoms with Crippen LogP contribution in [0.5, 0.6) is 5.75 Å². The van der Waals surface area contributed by atoms with Crippen LogP contribution in [-0.2, 0) is 22.5 Å². The lowest BCUT2D eigenvalue weighted by Crippen LogP contribution is -2.37. The van der Waals surface area contributed by atoms with E-state index in [0.29, 0.717) is 29.6 Å². The van der Waals surface area contributed by atoms with Crippen molar-refractivity contribution in [3.63, 3.8) is 0 Å². The van der Waals surface area contributed by atoms with Crippen LogP contribution in [-0.4, -0.2) is 48.1 Å². The highest BCUT2D eigenvalue weighted by molar-refractivity contribution is 6.06. The normalized spacial score (nSPS) is 13.6. The summed E-state index contributed by atoms with van der Waals surface area (Å²) in [5.41, 5.74) is 3.65. The second-order valence-electron chi connectivity index (χ2n) is 8.10. The average molecular weight is 434 g/mol. The maximum atomic E-state index is 13.2. The molecule has 1 amide bonds. The van der Waals surface area contributed by atoms with Crippen molar-refractivity contribution in [3.05, 3.63) is 65.4 Å². The van der Waals surface area contributed by atoms with E-state index in [4.69, 9.17) is 14.5 Å². The molecule has 0 spiro atoms. The SMILES string of the molecule is COc1cccc(NC(=O)COC(=O)c2c3c(nc4ccccc24)CCN(C(C)C)C3)c1. The standard InChI is InChI=1S/C25H27N3O4/c1-16(2)28-12-11-22-20(14-28)24(19-9-4-5-10-21(19)27-22)25(30)32-15-23(29)26-17-7-6-8-18(13-17)31-3/h4-10,13,16H,11-12,14-15H2,1-3H3,(H,26,29). The molecule has 1 aliphatic heterocycles. The number of methoxy groups -OCH3 is 1. The number of aromatic nitrogens is 1. The number of benzene rings is 2. The number of carbonyl (C=O) groups is 2. The lowest BCUT2D eigenvalue weighted by molar-refractivity contribution is -0.119. The smallest absolute Gasteiger partial charge is 0.339 e. The Morgan fingerprint density at radius 3 is 2.75 bits per heavy atom. The first-order valence-electron chi connectivity index (χ1n) is 10.7. The molecule has 0 saturated heterocycles. The number of fused-ring (bicyclic) bond motifs is 2. The number of hydrogen-bond donors (Lipinski definition) is 1. The highest BCUT2D eigenvalue weighted by atomic mass is 16.5. The molecule has 0 aliphatic carbocycles. The molecular formula is C25H27N3O4. The molecule has 1 aliphatic rings. The van der Waals surface area contributed by atoms with Crippen LogP contribution >= 0.6 is 0 Å². The highest BCUT2D eigenvalue weighted by Crippen LogP contribution is 2.29. The van der Waals surface area contributed by atoms with Crippen molar-refractivity contribution >= 4 is 28.5 Å². The topological polar surface area (TPSA) is 80.8 Å². The molecule has 0 bridgehead atoms. The third-order valence-electron chi connectivity index (χ3n) is 5.70. The summed E-state index contributed by atoms with van der Waals surface area (Å²) >= 11 is 0. The minimum atomic E-state index is -0.508. The molecule has 166 valence electrons. The Labute approximate surface area is 187 Å². The first-order chi connectivity index (χ1) is 15.5. The third kappa shape index (κ3) is 4.57. The molecule has 0 saturated carbocycles. The van der Waals surface area contributed by atoms with Crippen molar-refractivity contribution in [2.45, 2.75) is 32.9 Å². The minimum absolute atomic E-state index is 0.354. The van der Waals surface area contributed by atoms with Crippen LogP contribution in [0, 0.1) is 0 Å². The summed E-state index contributed by atoms with van der Waals surface area (Å²) in [6.07, 6.45) is 0.773. The van der Waals surface area contributed by atoms with Crippen LogP contribution in [0.3, 0.4) is 0 Å². The molecule has 7 nitrogen and oxygen atoms in total. The minimum Gasteiger partial charge on any atom is -0.497 e. The average Bonchev–Trinajstić information content (AvgIpc) is 2.80. The second kappa shape index (κ2) is 9.36. The summed E-state index contributed by atoms with van der Waals surface area (Å²) in [5, 5.41) is 3.47. The van der Waals surface area contributed by atoms with Gasteiger partial charge < -0.3 is 14.8 Å². The predicted molar refractivity (Wildman–Crippen MR) is 123 cm³/mol. The number of nitrogens with zero attached hydrogens (tertiary/aromatic N) is 2. The zero-order chi connectivity index (χ0) is 22.7. The first-order valence-corrected chi connectivity index (χ1v) is 10.7. The number of para-hydroxylation sites is 1. The Morgan fingerprint density at radius 2 is 1.97 bits per heavy atom. The monoisotopic (exact) mass is 433 g/mol. The molecule has 0 radical (unpaired) electrons. The van der Waals surface area contributed by atoms with E-state index in [1.54, 1.807) is 31.4 Å². The lowest BCUT2D eigenvalue weighted by atomic mass is 9.95. The van der Waals surface area contributed by atoms with E-state index in [-0.39, 0.29) is 6.61 Å². The van der Waals surface area contributed by atoms with Crippen LogP contribution in [0.4, 0.5) is 5.69 Å². The van der Waals surface area contributed by atoms with Gasteiger partial charge >= 0.3 is 5.97 Å². The Bertz CT molecular complexity index is 1160. The van der Waals surface area contributed by atoms with Crippen molar-refractivity contribution in [2.75, 3.05) is 25.6 Å². The number of ether oxygens (including phenoxy) is 2. The number of hydrogen-bond acceptors (Lipinski definition) is 6. The fourth-order valence-electron chi connectivity index (χ4n) is 3.99. The predicted octanol–water partition coefficient (Wildman–Crippen LogP) is 3.81. The van der Waals surface area contributed by atoms with Crippen LogP contribution < -0.4 is 10.1 Å². The van der Waals surface area contributed by atoms with E-state index in [2.05, 4.69) is 24.1 Å². The van der Waals surface area contributed by atoms with E-state index in [0.717, 1.165) is 35.1 Å². The Morgan fingerprint density at radius 1 is 1.16 bits per heavy atom. The number of nitrogens with one attached hydrogen (secondary N) is 1. The van der Waals surface area contributed by atoms with Crippen LogP contribution in [0.15, 0.2) is 48.5 Å². The van der Waals surface area contributed by atoms with Crippen molar-refractivity contribution in [1.29, 1.82) is 0 Å². The highest BCUT2D eigenvalue weighted by Gasteiger charge is 2.27. The summed E-state index contributed by atoms with van der Waals surface area (Å²) in [4.78, 5) is 32.7. The number of pyridine rings is 1. The van der Waals surface area contributed by atoms with Gasteiger partial charge in [-0.3, -0.25) is 14.7 Å². The zero-order valence-electron chi connectivity index (χ0n) is 18.6. The number of esters is 1. The van der Waals surface area contributed by atoms with Crippen molar-refractivity contribution < 1.29 is 19.1 Å². The van der Waals surface area contributed by atoms with Crippen LogP contribution in [0.2, 0.25) is 0 Å². The van der Waals surface area contributed by atoms with Gasteiger partial charge in [-0.15, -0.1) is 0 Å².